The van der Waals surface area contributed by atoms with Gasteiger partial charge in [0.15, 0.2) is 0 Å². The topological polar surface area (TPSA) is 30.7 Å². The van der Waals surface area contributed by atoms with Crippen molar-refractivity contribution in [1.29, 1.82) is 0 Å². The average Bonchev–Trinajstić information content (AvgIpc) is 3.00. The number of rotatable bonds is 2. The summed E-state index contributed by atoms with van der Waals surface area (Å²) >= 11 is 0. The molecule has 22 heavy (non-hydrogen) atoms. The largest absolute Gasteiger partial charge is 0.283 e. The number of fused-ring (bicyclic) bond motifs is 1. The zero-order valence-electron chi connectivity index (χ0n) is 11.3. The first kappa shape index (κ1) is 14.1. The molecule has 0 atom stereocenters. The third kappa shape index (κ3) is 2.39. The Morgan fingerprint density at radius 3 is 2.36 bits per heavy atom. The van der Waals surface area contributed by atoms with Crippen molar-refractivity contribution in [3.63, 3.8) is 0 Å². The number of hydrogen-bond donors (Lipinski definition) is 0. The Bertz CT molecular complexity index is 900. The van der Waals surface area contributed by atoms with Gasteiger partial charge in [0, 0.05) is 6.20 Å². The maximum atomic E-state index is 4.48. The number of para-hydroxylation sites is 2. The maximum Gasteiger partial charge on any atom is 0.138 e. The molecule has 2 aromatic carbocycles. The molecule has 0 aliphatic carbocycles. The van der Waals surface area contributed by atoms with Crippen LogP contribution in [0.3, 0.4) is 0 Å². The van der Waals surface area contributed by atoms with E-state index in [-0.39, 0.29) is 8.41 Å². The lowest BCUT2D eigenvalue weighted by atomic mass is 10.1. The summed E-state index contributed by atoms with van der Waals surface area (Å²) in [6.45, 7) is 0. The summed E-state index contributed by atoms with van der Waals surface area (Å²) in [5, 5.41) is 0. The second-order valence-corrected chi connectivity index (χ2v) is 4.87. The number of imidazole rings is 1. The third-order valence-electron chi connectivity index (χ3n) is 3.55. The Balaban J connectivity index is 0.00000144. The molecule has 0 radical (unpaired) electrons. The van der Waals surface area contributed by atoms with Gasteiger partial charge in [0.25, 0.3) is 0 Å². The molecule has 0 fully saturated rings. The molecule has 0 unspecified atom stereocenters. The van der Waals surface area contributed by atoms with Crippen LogP contribution in [0, 0.1) is 0 Å². The van der Waals surface area contributed by atoms with Gasteiger partial charge in [-0.3, -0.25) is 4.57 Å². The van der Waals surface area contributed by atoms with Gasteiger partial charge in [0.05, 0.1) is 11.0 Å². The van der Waals surface area contributed by atoms with Gasteiger partial charge in [-0.25, -0.2) is 9.97 Å². The molecule has 0 aliphatic heterocycles. The van der Waals surface area contributed by atoms with Crippen molar-refractivity contribution in [3.05, 3.63) is 79.3 Å². The average molecular weight is 286 g/mol. The molecule has 4 aromatic rings. The standard InChI is InChI=1S/C18H13N3.BH4/c1-2-6-14(7-3-1)15-10-11-19-18(12-15)21-13-20-16-8-4-5-9-17(16)21;/h1-13H;1H4/q;-1. The van der Waals surface area contributed by atoms with Gasteiger partial charge in [0.2, 0.25) is 0 Å². The smallest absolute Gasteiger partial charge is 0.138 e. The van der Waals surface area contributed by atoms with Gasteiger partial charge < -0.3 is 0 Å². The van der Waals surface area contributed by atoms with Crippen LogP contribution in [0.4, 0.5) is 0 Å². The number of hydrogen-bond acceptors (Lipinski definition) is 2. The van der Waals surface area contributed by atoms with Crippen LogP contribution < -0.4 is 0 Å². The Hall–Kier alpha value is -2.88. The number of nitrogens with zero attached hydrogens (tertiary/aromatic N) is 3. The molecule has 0 saturated carbocycles. The molecule has 0 N–H and O–H groups in total. The minimum atomic E-state index is 0. The molecular formula is C18H17BN3-. The van der Waals surface area contributed by atoms with Gasteiger partial charge in [-0.05, 0) is 35.4 Å². The highest BCUT2D eigenvalue weighted by Gasteiger charge is 2.06. The van der Waals surface area contributed by atoms with Crippen LogP contribution in [0.15, 0.2) is 79.3 Å². The molecule has 4 heteroatoms. The summed E-state index contributed by atoms with van der Waals surface area (Å²) in [6.07, 6.45) is 3.66. The quantitative estimate of drug-likeness (QED) is 0.530. The predicted molar refractivity (Wildman–Crippen MR) is 95.6 cm³/mol. The molecule has 3 nitrogen and oxygen atoms in total. The molecule has 0 aliphatic rings. The van der Waals surface area contributed by atoms with Crippen LogP contribution in [0.2, 0.25) is 0 Å². The van der Waals surface area contributed by atoms with Crippen molar-refractivity contribution >= 4 is 19.4 Å². The van der Waals surface area contributed by atoms with E-state index in [1.807, 2.05) is 59.6 Å². The normalized spacial score (nSPS) is 10.4. The Labute approximate surface area is 130 Å². The van der Waals surface area contributed by atoms with Crippen molar-refractivity contribution in [2.75, 3.05) is 0 Å². The van der Waals surface area contributed by atoms with E-state index in [0.717, 1.165) is 22.4 Å². The summed E-state index contributed by atoms with van der Waals surface area (Å²) in [5.41, 5.74) is 4.38. The van der Waals surface area contributed by atoms with E-state index in [4.69, 9.17) is 0 Å². The zero-order valence-corrected chi connectivity index (χ0v) is 11.3. The Kier molecular flexibility index (Phi) is 3.75. The second-order valence-electron chi connectivity index (χ2n) is 4.87. The SMILES string of the molecule is [BH4-].c1ccc(-c2ccnc(-n3cnc4ccccc43)c2)cc1. The van der Waals surface area contributed by atoms with Gasteiger partial charge in [-0.15, -0.1) is 0 Å². The van der Waals surface area contributed by atoms with E-state index in [1.165, 1.54) is 5.56 Å². The van der Waals surface area contributed by atoms with E-state index >= 15 is 0 Å². The second kappa shape index (κ2) is 5.86. The lowest BCUT2D eigenvalue weighted by Gasteiger charge is -2.06. The van der Waals surface area contributed by atoms with Crippen LogP contribution in [0.25, 0.3) is 28.0 Å². The molecule has 4 rings (SSSR count). The van der Waals surface area contributed by atoms with Gasteiger partial charge in [0.1, 0.15) is 12.1 Å². The lowest BCUT2D eigenvalue weighted by Crippen LogP contribution is -1.95. The fourth-order valence-electron chi connectivity index (χ4n) is 2.50. The fraction of sp³-hybridized carbons (Fsp3) is 0. The van der Waals surface area contributed by atoms with Crippen LogP contribution in [0.5, 0.6) is 0 Å². The minimum Gasteiger partial charge on any atom is -0.283 e. The van der Waals surface area contributed by atoms with Gasteiger partial charge in [-0.2, -0.15) is 0 Å². The van der Waals surface area contributed by atoms with Crippen molar-refractivity contribution in [2.45, 2.75) is 0 Å². The van der Waals surface area contributed by atoms with E-state index in [1.54, 1.807) is 0 Å². The number of pyridine rings is 1. The summed E-state index contributed by atoms with van der Waals surface area (Å²) in [4.78, 5) is 8.90. The van der Waals surface area contributed by atoms with Crippen LogP contribution in [-0.4, -0.2) is 22.9 Å². The van der Waals surface area contributed by atoms with E-state index in [2.05, 4.69) is 34.2 Å². The molecule has 2 aromatic heterocycles. The predicted octanol–water partition coefficient (Wildman–Crippen LogP) is 2.64. The highest BCUT2D eigenvalue weighted by Crippen LogP contribution is 2.22. The highest BCUT2D eigenvalue weighted by atomic mass is 15.1. The summed E-state index contributed by atoms with van der Waals surface area (Å²) < 4.78 is 2.02. The summed E-state index contributed by atoms with van der Waals surface area (Å²) in [6, 6.07) is 22.5. The minimum absolute atomic E-state index is 0. The maximum absolute atomic E-state index is 4.48. The van der Waals surface area contributed by atoms with E-state index in [0.29, 0.717) is 0 Å². The number of aromatic nitrogens is 3. The van der Waals surface area contributed by atoms with Crippen molar-refractivity contribution in [2.24, 2.45) is 0 Å². The monoisotopic (exact) mass is 286 g/mol. The van der Waals surface area contributed by atoms with Crippen molar-refractivity contribution in [1.82, 2.24) is 14.5 Å². The zero-order chi connectivity index (χ0) is 14.1. The van der Waals surface area contributed by atoms with Gasteiger partial charge in [-0.1, -0.05) is 50.9 Å². The van der Waals surface area contributed by atoms with Crippen LogP contribution in [-0.2, 0) is 0 Å². The molecule has 2 heterocycles. The van der Waals surface area contributed by atoms with Crippen molar-refractivity contribution in [3.8, 4) is 16.9 Å². The number of benzene rings is 2. The first-order chi connectivity index (χ1) is 10.4. The first-order valence-corrected chi connectivity index (χ1v) is 6.86. The Morgan fingerprint density at radius 1 is 0.727 bits per heavy atom. The molecule has 108 valence electrons. The van der Waals surface area contributed by atoms with E-state index in [9.17, 15) is 0 Å². The Morgan fingerprint density at radius 2 is 1.50 bits per heavy atom. The van der Waals surface area contributed by atoms with Crippen LogP contribution >= 0.6 is 0 Å². The van der Waals surface area contributed by atoms with Crippen LogP contribution in [0.1, 0.15) is 0 Å². The first-order valence-electron chi connectivity index (χ1n) is 6.86. The molecule has 0 saturated heterocycles. The lowest BCUT2D eigenvalue weighted by molar-refractivity contribution is 1.02. The van der Waals surface area contributed by atoms with Gasteiger partial charge >= 0.3 is 0 Å². The summed E-state index contributed by atoms with van der Waals surface area (Å²) in [5.74, 6) is 0.880. The summed E-state index contributed by atoms with van der Waals surface area (Å²) in [7, 11) is 0. The molecule has 0 spiro atoms. The molecule has 0 bridgehead atoms. The highest BCUT2D eigenvalue weighted by molar-refractivity contribution is 5.77. The van der Waals surface area contributed by atoms with E-state index < -0.39 is 0 Å². The third-order valence-corrected chi connectivity index (χ3v) is 3.55. The molecular weight excluding hydrogens is 269 g/mol. The van der Waals surface area contributed by atoms with Crippen molar-refractivity contribution < 1.29 is 0 Å². The fourth-order valence-corrected chi connectivity index (χ4v) is 2.50. The molecule has 0 amide bonds.